The van der Waals surface area contributed by atoms with Crippen LogP contribution in [0.25, 0.3) is 0 Å². The van der Waals surface area contributed by atoms with Crippen molar-refractivity contribution >= 4 is 6.16 Å². The number of nitrogens with one attached hydrogen (secondary N) is 1. The minimum absolute atomic E-state index is 1.25. The van der Waals surface area contributed by atoms with Crippen molar-refractivity contribution in [3.05, 3.63) is 0 Å². The van der Waals surface area contributed by atoms with Crippen molar-refractivity contribution in [2.24, 2.45) is 0 Å². The Balaban J connectivity index is 0.000000122. The first-order valence-corrected chi connectivity index (χ1v) is 2.36. The summed E-state index contributed by atoms with van der Waals surface area (Å²) in [7, 11) is 0. The fourth-order valence-electron chi connectivity index (χ4n) is 0.177. The maximum atomic E-state index is 8.56. The lowest BCUT2D eigenvalue weighted by atomic mass is 10.3. The van der Waals surface area contributed by atoms with Gasteiger partial charge in [0, 0.05) is 0 Å². The highest BCUT2D eigenvalue weighted by atomic mass is 16.6. The Morgan fingerprint density at radius 1 is 1.38 bits per heavy atom. The van der Waals surface area contributed by atoms with E-state index in [1.165, 1.54) is 19.5 Å². The van der Waals surface area contributed by atoms with E-state index in [0.717, 1.165) is 0 Å². The lowest BCUT2D eigenvalue weighted by Crippen LogP contribution is -2.29. The lowest BCUT2D eigenvalue weighted by Gasteiger charge is -2.09. The minimum Gasteiger partial charge on any atom is -0.450 e. The number of carbonyl (C=O) groups is 1. The van der Waals surface area contributed by atoms with E-state index in [1.807, 2.05) is 0 Å². The first-order chi connectivity index (χ1) is 3.73. The molecule has 1 saturated heterocycles. The number of hydrogen-bond donors (Lipinski definition) is 3. The average Bonchev–Trinajstić information content (AvgIpc) is 1.19. The predicted octanol–water partition coefficient (Wildman–Crippen LogP) is 0.202. The van der Waals surface area contributed by atoms with Gasteiger partial charge in [-0.15, -0.1) is 0 Å². The quantitative estimate of drug-likeness (QED) is 0.426. The SMILES string of the molecule is C1CNC1.O=C(O)O. The van der Waals surface area contributed by atoms with Gasteiger partial charge in [0.25, 0.3) is 0 Å². The molecule has 1 heterocycles. The fourth-order valence-corrected chi connectivity index (χ4v) is 0.177. The molecule has 4 nitrogen and oxygen atoms in total. The first-order valence-electron chi connectivity index (χ1n) is 2.36. The van der Waals surface area contributed by atoms with Crippen molar-refractivity contribution in [2.75, 3.05) is 13.1 Å². The largest absolute Gasteiger partial charge is 0.503 e. The molecule has 48 valence electrons. The van der Waals surface area contributed by atoms with Crippen LogP contribution in [0.1, 0.15) is 6.42 Å². The van der Waals surface area contributed by atoms with Gasteiger partial charge in [-0.1, -0.05) is 0 Å². The van der Waals surface area contributed by atoms with Gasteiger partial charge in [0.05, 0.1) is 0 Å². The third-order valence-electron chi connectivity index (χ3n) is 0.707. The van der Waals surface area contributed by atoms with Crippen LogP contribution in [0, 0.1) is 0 Å². The summed E-state index contributed by atoms with van der Waals surface area (Å²) in [5, 5.41) is 17.1. The third-order valence-corrected chi connectivity index (χ3v) is 0.707. The van der Waals surface area contributed by atoms with Gasteiger partial charge in [-0.2, -0.15) is 0 Å². The topological polar surface area (TPSA) is 69.6 Å². The molecule has 8 heavy (non-hydrogen) atoms. The van der Waals surface area contributed by atoms with Crippen LogP contribution < -0.4 is 5.32 Å². The summed E-state index contributed by atoms with van der Waals surface area (Å²) in [6, 6.07) is 0. The van der Waals surface area contributed by atoms with Crippen LogP contribution in [-0.2, 0) is 0 Å². The molecule has 4 heteroatoms. The molecule has 1 aliphatic heterocycles. The van der Waals surface area contributed by atoms with E-state index in [4.69, 9.17) is 15.0 Å². The average molecular weight is 119 g/mol. The second-order valence-electron chi connectivity index (χ2n) is 1.39. The van der Waals surface area contributed by atoms with Crippen molar-refractivity contribution in [3.8, 4) is 0 Å². The van der Waals surface area contributed by atoms with Gasteiger partial charge >= 0.3 is 6.16 Å². The molecule has 3 N–H and O–H groups in total. The highest BCUT2D eigenvalue weighted by molar-refractivity contribution is 5.53. The van der Waals surface area contributed by atoms with Crippen LogP contribution in [0.3, 0.4) is 0 Å². The minimum atomic E-state index is -1.83. The number of hydrogen-bond acceptors (Lipinski definition) is 2. The molecular formula is C4H9NO3. The molecule has 0 aliphatic carbocycles. The standard InChI is InChI=1S/C3H7N.CH2O3/c1-2-4-3-1;2-1(3)4/h4H,1-3H2;(H2,2,3,4). The van der Waals surface area contributed by atoms with Gasteiger partial charge in [0.2, 0.25) is 0 Å². The zero-order valence-corrected chi connectivity index (χ0v) is 4.42. The molecule has 1 aliphatic rings. The van der Waals surface area contributed by atoms with E-state index >= 15 is 0 Å². The van der Waals surface area contributed by atoms with Gasteiger partial charge in [-0.3, -0.25) is 0 Å². The van der Waals surface area contributed by atoms with E-state index in [0.29, 0.717) is 0 Å². The number of rotatable bonds is 0. The molecule has 0 aromatic rings. The molecule has 0 radical (unpaired) electrons. The summed E-state index contributed by atoms with van der Waals surface area (Å²) in [6.45, 7) is 2.50. The zero-order valence-electron chi connectivity index (χ0n) is 4.42. The van der Waals surface area contributed by atoms with E-state index in [1.54, 1.807) is 0 Å². The van der Waals surface area contributed by atoms with E-state index in [2.05, 4.69) is 5.32 Å². The van der Waals surface area contributed by atoms with E-state index in [9.17, 15) is 0 Å². The van der Waals surface area contributed by atoms with Gasteiger partial charge in [0.15, 0.2) is 0 Å². The summed E-state index contributed by atoms with van der Waals surface area (Å²) in [6.07, 6.45) is -0.444. The second-order valence-corrected chi connectivity index (χ2v) is 1.39. The van der Waals surface area contributed by atoms with Crippen LogP contribution in [0.4, 0.5) is 4.79 Å². The monoisotopic (exact) mass is 119 g/mol. The smallest absolute Gasteiger partial charge is 0.450 e. The zero-order chi connectivity index (χ0) is 6.41. The maximum absolute atomic E-state index is 8.56. The molecular weight excluding hydrogens is 110 g/mol. The van der Waals surface area contributed by atoms with Crippen LogP contribution in [0.2, 0.25) is 0 Å². The molecule has 0 bridgehead atoms. The van der Waals surface area contributed by atoms with Crippen LogP contribution in [-0.4, -0.2) is 29.5 Å². The van der Waals surface area contributed by atoms with Gasteiger partial charge in [-0.05, 0) is 19.5 Å². The van der Waals surface area contributed by atoms with E-state index < -0.39 is 6.16 Å². The Hall–Kier alpha value is -0.770. The maximum Gasteiger partial charge on any atom is 0.503 e. The number of carboxylic acid groups (broad SMARTS) is 2. The Morgan fingerprint density at radius 3 is 1.50 bits per heavy atom. The Bertz CT molecular complexity index is 61.7. The second kappa shape index (κ2) is 4.39. The summed E-state index contributed by atoms with van der Waals surface area (Å²) in [4.78, 5) is 8.56. The highest BCUT2D eigenvalue weighted by Crippen LogP contribution is 1.80. The molecule has 1 fully saturated rings. The molecule has 0 spiro atoms. The molecule has 0 aromatic heterocycles. The molecule has 0 amide bonds. The molecule has 0 atom stereocenters. The lowest BCUT2D eigenvalue weighted by molar-refractivity contribution is 0.137. The first kappa shape index (κ1) is 7.23. The third kappa shape index (κ3) is 8.97. The highest BCUT2D eigenvalue weighted by Gasteiger charge is 1.92. The molecule has 1 rings (SSSR count). The van der Waals surface area contributed by atoms with Crippen molar-refractivity contribution in [1.29, 1.82) is 0 Å². The van der Waals surface area contributed by atoms with Crippen molar-refractivity contribution in [1.82, 2.24) is 5.32 Å². The van der Waals surface area contributed by atoms with Gasteiger partial charge in [0.1, 0.15) is 0 Å². The summed E-state index contributed by atoms with van der Waals surface area (Å²) >= 11 is 0. The Labute approximate surface area is 47.1 Å². The van der Waals surface area contributed by atoms with Crippen molar-refractivity contribution in [3.63, 3.8) is 0 Å². The van der Waals surface area contributed by atoms with Crippen molar-refractivity contribution in [2.45, 2.75) is 6.42 Å². The summed E-state index contributed by atoms with van der Waals surface area (Å²) < 4.78 is 0. The van der Waals surface area contributed by atoms with E-state index in [-0.39, 0.29) is 0 Å². The Morgan fingerprint density at radius 2 is 1.50 bits per heavy atom. The van der Waals surface area contributed by atoms with Crippen LogP contribution >= 0.6 is 0 Å². The van der Waals surface area contributed by atoms with Gasteiger partial charge < -0.3 is 15.5 Å². The Kier molecular flexibility index (Phi) is 3.97. The summed E-state index contributed by atoms with van der Waals surface area (Å²) in [5.74, 6) is 0. The van der Waals surface area contributed by atoms with Crippen LogP contribution in [0.5, 0.6) is 0 Å². The summed E-state index contributed by atoms with van der Waals surface area (Å²) in [5.41, 5.74) is 0. The van der Waals surface area contributed by atoms with Crippen molar-refractivity contribution < 1.29 is 15.0 Å². The van der Waals surface area contributed by atoms with Gasteiger partial charge in [-0.25, -0.2) is 4.79 Å². The fraction of sp³-hybridized carbons (Fsp3) is 0.750. The molecule has 0 saturated carbocycles. The predicted molar refractivity (Wildman–Crippen MR) is 28.1 cm³/mol. The molecule has 0 unspecified atom stereocenters. The normalized spacial score (nSPS) is 15.0. The van der Waals surface area contributed by atoms with Crippen LogP contribution in [0.15, 0.2) is 0 Å². The molecule has 0 aromatic carbocycles.